The Balaban J connectivity index is 0.00000171. The maximum atomic E-state index is 10.8. The lowest BCUT2D eigenvalue weighted by Gasteiger charge is -2.10. The Labute approximate surface area is 172 Å². The van der Waals surface area contributed by atoms with Crippen LogP contribution in [0.2, 0.25) is 0 Å². The van der Waals surface area contributed by atoms with Crippen molar-refractivity contribution < 1.29 is 14.3 Å². The zero-order chi connectivity index (χ0) is 21.4. The standard InChI is InChI=1S/C21H26O3.2C2H6/c1-4-16(2)18-5-7-19(8-6-18)20-9-11-21(12-10-20)24-14-13-23-15-17(3)22;2*1-2/h5-12,16H,4,13-15H2,1-3H3;2*1-2H3. The molecule has 0 aliphatic carbocycles. The van der Waals surface area contributed by atoms with Crippen molar-refractivity contribution in [3.63, 3.8) is 0 Å². The van der Waals surface area contributed by atoms with Gasteiger partial charge in [0.1, 0.15) is 19.0 Å². The molecular formula is C25H38O3. The van der Waals surface area contributed by atoms with Crippen molar-refractivity contribution in [2.75, 3.05) is 19.8 Å². The monoisotopic (exact) mass is 386 g/mol. The number of hydrogen-bond acceptors (Lipinski definition) is 3. The molecule has 0 saturated heterocycles. The lowest BCUT2D eigenvalue weighted by molar-refractivity contribution is -0.121. The summed E-state index contributed by atoms with van der Waals surface area (Å²) in [6.45, 7) is 15.0. The van der Waals surface area contributed by atoms with Gasteiger partial charge in [-0.05, 0) is 48.1 Å². The molecule has 0 spiro atoms. The van der Waals surface area contributed by atoms with Crippen molar-refractivity contribution >= 4 is 5.78 Å². The number of benzene rings is 2. The molecule has 1 atom stereocenters. The van der Waals surface area contributed by atoms with Crippen LogP contribution in [0, 0.1) is 0 Å². The normalized spacial score (nSPS) is 10.7. The second-order valence-electron chi connectivity index (χ2n) is 6.06. The van der Waals surface area contributed by atoms with Gasteiger partial charge in [0.2, 0.25) is 0 Å². The number of carbonyl (C=O) groups is 1. The van der Waals surface area contributed by atoms with E-state index in [1.54, 1.807) is 0 Å². The summed E-state index contributed by atoms with van der Waals surface area (Å²) in [6.07, 6.45) is 1.15. The van der Waals surface area contributed by atoms with Crippen molar-refractivity contribution in [3.8, 4) is 16.9 Å². The molecule has 0 aromatic heterocycles. The van der Waals surface area contributed by atoms with Gasteiger partial charge in [0, 0.05) is 0 Å². The molecule has 1 unspecified atom stereocenters. The first kappa shape index (κ1) is 25.9. The Morgan fingerprint density at radius 1 is 0.857 bits per heavy atom. The first-order valence-electron chi connectivity index (χ1n) is 10.5. The first-order valence-corrected chi connectivity index (χ1v) is 10.5. The maximum absolute atomic E-state index is 10.8. The van der Waals surface area contributed by atoms with E-state index in [1.807, 2.05) is 39.8 Å². The minimum absolute atomic E-state index is 0.0266. The van der Waals surface area contributed by atoms with E-state index < -0.39 is 0 Å². The third-order valence-electron chi connectivity index (χ3n) is 4.08. The van der Waals surface area contributed by atoms with Crippen molar-refractivity contribution in [3.05, 3.63) is 54.1 Å². The van der Waals surface area contributed by atoms with Crippen LogP contribution < -0.4 is 4.74 Å². The first-order chi connectivity index (χ1) is 13.6. The number of hydrogen-bond donors (Lipinski definition) is 0. The predicted molar refractivity (Wildman–Crippen MR) is 120 cm³/mol. The zero-order valence-corrected chi connectivity index (χ0v) is 18.7. The smallest absolute Gasteiger partial charge is 0.155 e. The van der Waals surface area contributed by atoms with Crippen molar-refractivity contribution in [1.29, 1.82) is 0 Å². The van der Waals surface area contributed by atoms with Crippen LogP contribution in [-0.4, -0.2) is 25.6 Å². The van der Waals surface area contributed by atoms with Crippen molar-refractivity contribution in [2.45, 2.75) is 60.8 Å². The SMILES string of the molecule is CC.CC.CCC(C)c1ccc(-c2ccc(OCCOCC(C)=O)cc2)cc1. The molecule has 3 nitrogen and oxygen atoms in total. The average Bonchev–Trinajstić information content (AvgIpc) is 2.76. The second kappa shape index (κ2) is 15.9. The largest absolute Gasteiger partial charge is 0.491 e. The third-order valence-corrected chi connectivity index (χ3v) is 4.08. The molecule has 0 aliphatic rings. The molecule has 0 saturated carbocycles. The van der Waals surface area contributed by atoms with Crippen molar-refractivity contribution in [1.82, 2.24) is 0 Å². The van der Waals surface area contributed by atoms with Crippen LogP contribution in [0.4, 0.5) is 0 Å². The Hall–Kier alpha value is -2.13. The van der Waals surface area contributed by atoms with Crippen LogP contribution in [0.15, 0.2) is 48.5 Å². The summed E-state index contributed by atoms with van der Waals surface area (Å²) in [5, 5.41) is 0. The second-order valence-corrected chi connectivity index (χ2v) is 6.06. The highest BCUT2D eigenvalue weighted by Gasteiger charge is 2.04. The molecule has 156 valence electrons. The summed E-state index contributed by atoms with van der Waals surface area (Å²) in [5.74, 6) is 1.43. The van der Waals surface area contributed by atoms with Crippen molar-refractivity contribution in [2.24, 2.45) is 0 Å². The Kier molecular flexibility index (Phi) is 14.7. The number of rotatable bonds is 9. The molecule has 0 radical (unpaired) electrons. The van der Waals surface area contributed by atoms with Gasteiger partial charge in [0.05, 0.1) is 6.61 Å². The molecule has 2 rings (SSSR count). The van der Waals surface area contributed by atoms with E-state index >= 15 is 0 Å². The average molecular weight is 387 g/mol. The summed E-state index contributed by atoms with van der Waals surface area (Å²) in [6, 6.07) is 16.8. The number of ketones is 1. The summed E-state index contributed by atoms with van der Waals surface area (Å²) in [4.78, 5) is 10.8. The molecular weight excluding hydrogens is 348 g/mol. The van der Waals surface area contributed by atoms with Crippen LogP contribution in [0.1, 0.15) is 66.4 Å². The third kappa shape index (κ3) is 9.70. The van der Waals surface area contributed by atoms with E-state index in [1.165, 1.54) is 23.6 Å². The van der Waals surface area contributed by atoms with Crippen LogP contribution in [0.25, 0.3) is 11.1 Å². The van der Waals surface area contributed by atoms with Gasteiger partial charge in [-0.25, -0.2) is 0 Å². The predicted octanol–water partition coefficient (Wildman–Crippen LogP) is 6.90. The van der Waals surface area contributed by atoms with E-state index in [2.05, 4.69) is 50.2 Å². The van der Waals surface area contributed by atoms with E-state index in [9.17, 15) is 4.79 Å². The van der Waals surface area contributed by atoms with Gasteiger partial charge < -0.3 is 9.47 Å². The van der Waals surface area contributed by atoms with Crippen LogP contribution in [0.5, 0.6) is 5.75 Å². The van der Waals surface area contributed by atoms with Gasteiger partial charge in [0.15, 0.2) is 5.78 Å². The summed E-state index contributed by atoms with van der Waals surface area (Å²) < 4.78 is 10.8. The van der Waals surface area contributed by atoms with Gasteiger partial charge in [-0.1, -0.05) is 77.9 Å². The lowest BCUT2D eigenvalue weighted by Crippen LogP contribution is -2.11. The molecule has 0 bridgehead atoms. The molecule has 0 heterocycles. The summed E-state index contributed by atoms with van der Waals surface area (Å²) in [7, 11) is 0. The highest BCUT2D eigenvalue weighted by molar-refractivity contribution is 5.76. The zero-order valence-electron chi connectivity index (χ0n) is 18.7. The molecule has 2 aromatic rings. The highest BCUT2D eigenvalue weighted by atomic mass is 16.5. The minimum atomic E-state index is 0.0266. The van der Waals surface area contributed by atoms with E-state index in [-0.39, 0.29) is 12.4 Å². The van der Waals surface area contributed by atoms with Gasteiger partial charge in [-0.15, -0.1) is 0 Å². The van der Waals surface area contributed by atoms with Gasteiger partial charge in [-0.2, -0.15) is 0 Å². The van der Waals surface area contributed by atoms with E-state index in [4.69, 9.17) is 9.47 Å². The van der Waals surface area contributed by atoms with Gasteiger partial charge in [0.25, 0.3) is 0 Å². The fraction of sp³-hybridized carbons (Fsp3) is 0.480. The number of Topliss-reactive ketones (excluding diaryl/α,β-unsaturated/α-hetero) is 1. The Morgan fingerprint density at radius 2 is 1.36 bits per heavy atom. The van der Waals surface area contributed by atoms with Crippen LogP contribution in [0.3, 0.4) is 0 Å². The summed E-state index contributed by atoms with van der Waals surface area (Å²) >= 11 is 0. The topological polar surface area (TPSA) is 35.5 Å². The molecule has 3 heteroatoms. The minimum Gasteiger partial charge on any atom is -0.491 e. The fourth-order valence-electron chi connectivity index (χ4n) is 2.42. The number of ether oxygens (including phenoxy) is 2. The lowest BCUT2D eigenvalue weighted by atomic mass is 9.96. The van der Waals surface area contributed by atoms with E-state index in [0.717, 1.165) is 12.2 Å². The summed E-state index contributed by atoms with van der Waals surface area (Å²) in [5.41, 5.74) is 3.76. The molecule has 0 amide bonds. The molecule has 0 fully saturated rings. The molecule has 0 aliphatic heterocycles. The molecule has 0 N–H and O–H groups in total. The van der Waals surface area contributed by atoms with Gasteiger partial charge in [-0.3, -0.25) is 4.79 Å². The quantitative estimate of drug-likeness (QED) is 0.439. The van der Waals surface area contributed by atoms with Crippen LogP contribution >= 0.6 is 0 Å². The Morgan fingerprint density at radius 3 is 1.82 bits per heavy atom. The maximum Gasteiger partial charge on any atom is 0.155 e. The highest BCUT2D eigenvalue weighted by Crippen LogP contribution is 2.25. The van der Waals surface area contributed by atoms with Gasteiger partial charge >= 0.3 is 0 Å². The van der Waals surface area contributed by atoms with E-state index in [0.29, 0.717) is 19.1 Å². The number of carbonyl (C=O) groups excluding carboxylic acids is 1. The van der Waals surface area contributed by atoms with Crippen LogP contribution in [-0.2, 0) is 9.53 Å². The molecule has 2 aromatic carbocycles. The molecule has 28 heavy (non-hydrogen) atoms. The fourth-order valence-corrected chi connectivity index (χ4v) is 2.42. The Bertz CT molecular complexity index is 630.